The fourth-order valence-corrected chi connectivity index (χ4v) is 2.73. The molecule has 0 radical (unpaired) electrons. The second-order valence-corrected chi connectivity index (χ2v) is 5.18. The highest BCUT2D eigenvalue weighted by Crippen LogP contribution is 2.42. The number of ether oxygens (including phenoxy) is 1. The van der Waals surface area contributed by atoms with Crippen LogP contribution < -0.4 is 11.4 Å². The van der Waals surface area contributed by atoms with E-state index in [0.717, 1.165) is 0 Å². The number of nitrogens with two attached hydrogens (primary N) is 1. The van der Waals surface area contributed by atoms with Gasteiger partial charge in [-0.3, -0.25) is 4.57 Å². The lowest BCUT2D eigenvalue weighted by molar-refractivity contribution is -0.0330. The molecule has 1 unspecified atom stereocenters. The Balaban J connectivity index is 2.23. The number of thioether (sulfide) groups is 1. The number of rotatable bonds is 3. The van der Waals surface area contributed by atoms with Gasteiger partial charge in [0.2, 0.25) is 0 Å². The van der Waals surface area contributed by atoms with Gasteiger partial charge >= 0.3 is 5.69 Å². The van der Waals surface area contributed by atoms with E-state index < -0.39 is 10.6 Å². The maximum atomic E-state index is 11.6. The van der Waals surface area contributed by atoms with Crippen LogP contribution in [-0.2, 0) is 4.74 Å². The number of aliphatic hydroxyl groups is 2. The molecule has 1 aliphatic heterocycles. The highest BCUT2D eigenvalue weighted by molar-refractivity contribution is 8.00. The lowest BCUT2D eigenvalue weighted by atomic mass is 10.4. The molecule has 4 N–H and O–H groups in total. The van der Waals surface area contributed by atoms with Gasteiger partial charge in [0.05, 0.1) is 19.8 Å². The third-order valence-corrected chi connectivity index (χ3v) is 3.92. The molecule has 0 aliphatic carbocycles. The number of hydrogen-bond donors (Lipinski definition) is 3. The average Bonchev–Trinajstić information content (AvgIpc) is 2.74. The fourth-order valence-electron chi connectivity index (χ4n) is 1.54. The number of hydrogen-bond acceptors (Lipinski definition) is 7. The monoisotopic (exact) mass is 259 g/mol. The summed E-state index contributed by atoms with van der Waals surface area (Å²) in [6, 6.07) is 1.51. The van der Waals surface area contributed by atoms with Crippen molar-refractivity contribution in [1.82, 2.24) is 9.55 Å². The molecule has 1 aliphatic rings. The van der Waals surface area contributed by atoms with Gasteiger partial charge in [-0.2, -0.15) is 4.98 Å². The van der Waals surface area contributed by atoms with Gasteiger partial charge in [0, 0.05) is 6.20 Å². The zero-order chi connectivity index (χ0) is 12.5. The second-order valence-electron chi connectivity index (χ2n) is 3.65. The molecule has 17 heavy (non-hydrogen) atoms. The maximum absolute atomic E-state index is 11.6. The van der Waals surface area contributed by atoms with Gasteiger partial charge in [0.1, 0.15) is 11.2 Å². The first-order valence-electron chi connectivity index (χ1n) is 4.98. The van der Waals surface area contributed by atoms with Crippen LogP contribution in [0, 0.1) is 0 Å². The summed E-state index contributed by atoms with van der Waals surface area (Å²) in [5, 5.41) is 18.0. The molecule has 7 nitrogen and oxygen atoms in total. The SMILES string of the molecule is Nc1ccn(C2COC(CO)(CO)S2)c(=O)n1. The Hall–Kier alpha value is -1.09. The average molecular weight is 259 g/mol. The van der Waals surface area contributed by atoms with E-state index in [-0.39, 0.29) is 31.0 Å². The van der Waals surface area contributed by atoms with Crippen LogP contribution in [0.15, 0.2) is 17.1 Å². The van der Waals surface area contributed by atoms with E-state index in [1.54, 1.807) is 0 Å². The van der Waals surface area contributed by atoms with E-state index in [4.69, 9.17) is 20.7 Å². The number of anilines is 1. The quantitative estimate of drug-likeness (QED) is 0.623. The highest BCUT2D eigenvalue weighted by atomic mass is 32.2. The standard InChI is InChI=1S/C9H13N3O4S/c10-6-1-2-12(8(15)11-6)7-3-16-9(4-13,5-14)17-7/h1-2,7,13-14H,3-5H2,(H2,10,11,15). The molecular weight excluding hydrogens is 246 g/mol. The van der Waals surface area contributed by atoms with Gasteiger partial charge in [0.15, 0.2) is 4.93 Å². The molecule has 0 saturated carbocycles. The summed E-state index contributed by atoms with van der Waals surface area (Å²) in [6.07, 6.45) is 1.52. The van der Waals surface area contributed by atoms with Crippen LogP contribution in [-0.4, -0.2) is 44.5 Å². The Labute approximate surface area is 101 Å². The Morgan fingerprint density at radius 2 is 2.35 bits per heavy atom. The molecule has 1 fully saturated rings. The Kier molecular flexibility index (Phi) is 3.38. The van der Waals surface area contributed by atoms with Crippen molar-refractivity contribution >= 4 is 17.6 Å². The lowest BCUT2D eigenvalue weighted by Crippen LogP contribution is -2.33. The van der Waals surface area contributed by atoms with Crippen LogP contribution >= 0.6 is 11.8 Å². The van der Waals surface area contributed by atoms with Crippen molar-refractivity contribution in [3.05, 3.63) is 22.7 Å². The number of nitrogens with zero attached hydrogens (tertiary/aromatic N) is 2. The van der Waals surface area contributed by atoms with E-state index in [9.17, 15) is 4.79 Å². The largest absolute Gasteiger partial charge is 0.392 e. The minimum Gasteiger partial charge on any atom is -0.392 e. The van der Waals surface area contributed by atoms with Crippen molar-refractivity contribution in [2.75, 3.05) is 25.6 Å². The van der Waals surface area contributed by atoms with Crippen LogP contribution in [0.3, 0.4) is 0 Å². The maximum Gasteiger partial charge on any atom is 0.350 e. The summed E-state index contributed by atoms with van der Waals surface area (Å²) in [6.45, 7) is -0.416. The van der Waals surface area contributed by atoms with Crippen molar-refractivity contribution in [3.8, 4) is 0 Å². The third kappa shape index (κ3) is 2.29. The summed E-state index contributed by atoms with van der Waals surface area (Å²) in [5.41, 5.74) is 4.92. The summed E-state index contributed by atoms with van der Waals surface area (Å²) in [5.74, 6) is 0.158. The zero-order valence-electron chi connectivity index (χ0n) is 8.94. The summed E-state index contributed by atoms with van der Waals surface area (Å²) < 4.78 is 6.70. The van der Waals surface area contributed by atoms with Crippen LogP contribution in [0.5, 0.6) is 0 Å². The van der Waals surface area contributed by atoms with Gasteiger partial charge in [-0.25, -0.2) is 4.79 Å². The first-order chi connectivity index (χ1) is 8.10. The Morgan fingerprint density at radius 1 is 1.65 bits per heavy atom. The van der Waals surface area contributed by atoms with E-state index in [2.05, 4.69) is 4.98 Å². The van der Waals surface area contributed by atoms with Gasteiger partial charge in [-0.15, -0.1) is 0 Å². The molecule has 2 heterocycles. The van der Waals surface area contributed by atoms with Crippen molar-refractivity contribution in [3.63, 3.8) is 0 Å². The zero-order valence-corrected chi connectivity index (χ0v) is 9.76. The second kappa shape index (κ2) is 4.65. The predicted octanol–water partition coefficient (Wildman–Crippen LogP) is -1.23. The normalized spacial score (nSPS) is 22.8. The first-order valence-corrected chi connectivity index (χ1v) is 5.86. The molecule has 1 aromatic heterocycles. The molecule has 1 atom stereocenters. The van der Waals surface area contributed by atoms with Crippen LogP contribution in [0.2, 0.25) is 0 Å². The lowest BCUT2D eigenvalue weighted by Gasteiger charge is -2.21. The molecule has 8 heteroatoms. The number of aliphatic hydroxyl groups excluding tert-OH is 2. The van der Waals surface area contributed by atoms with E-state index in [1.807, 2.05) is 0 Å². The molecule has 1 saturated heterocycles. The molecular formula is C9H13N3O4S. The van der Waals surface area contributed by atoms with Crippen molar-refractivity contribution in [2.45, 2.75) is 10.3 Å². The summed E-state index contributed by atoms with van der Waals surface area (Å²) >= 11 is 1.19. The van der Waals surface area contributed by atoms with Crippen LogP contribution in [0.4, 0.5) is 5.82 Å². The molecule has 0 aromatic carbocycles. The van der Waals surface area contributed by atoms with Gasteiger partial charge in [0.25, 0.3) is 0 Å². The van der Waals surface area contributed by atoms with Gasteiger partial charge in [-0.05, 0) is 6.07 Å². The van der Waals surface area contributed by atoms with Crippen LogP contribution in [0.1, 0.15) is 5.37 Å². The fraction of sp³-hybridized carbons (Fsp3) is 0.556. The molecule has 0 amide bonds. The van der Waals surface area contributed by atoms with Gasteiger partial charge in [-0.1, -0.05) is 11.8 Å². The molecule has 0 bridgehead atoms. The topological polar surface area (TPSA) is 111 Å². The van der Waals surface area contributed by atoms with Gasteiger partial charge < -0.3 is 20.7 Å². The first kappa shape index (κ1) is 12.4. The van der Waals surface area contributed by atoms with E-state index in [1.165, 1.54) is 28.6 Å². The van der Waals surface area contributed by atoms with E-state index >= 15 is 0 Å². The smallest absolute Gasteiger partial charge is 0.350 e. The minimum atomic E-state index is -1.05. The predicted molar refractivity (Wildman–Crippen MR) is 62.4 cm³/mol. The van der Waals surface area contributed by atoms with Crippen molar-refractivity contribution in [2.24, 2.45) is 0 Å². The number of aromatic nitrogens is 2. The highest BCUT2D eigenvalue weighted by Gasteiger charge is 2.41. The Morgan fingerprint density at radius 3 is 2.88 bits per heavy atom. The van der Waals surface area contributed by atoms with Crippen LogP contribution in [0.25, 0.3) is 0 Å². The number of nitrogen functional groups attached to an aromatic ring is 1. The molecule has 1 aromatic rings. The molecule has 0 spiro atoms. The molecule has 94 valence electrons. The minimum absolute atomic E-state index is 0.158. The summed E-state index contributed by atoms with van der Waals surface area (Å²) in [4.78, 5) is 14.2. The third-order valence-electron chi connectivity index (χ3n) is 2.48. The molecule has 2 rings (SSSR count). The summed E-state index contributed by atoms with van der Waals surface area (Å²) in [7, 11) is 0. The van der Waals surface area contributed by atoms with E-state index in [0.29, 0.717) is 0 Å². The van der Waals surface area contributed by atoms with Crippen molar-refractivity contribution < 1.29 is 14.9 Å². The Bertz CT molecular complexity index is 460. The van der Waals surface area contributed by atoms with Crippen molar-refractivity contribution in [1.29, 1.82) is 0 Å².